The molecular weight excluding hydrogens is 221 g/mol. The SMILES string of the molecule is CC(N)(C#N)CCCCOCCC(F)(F)F. The van der Waals surface area contributed by atoms with E-state index < -0.39 is 18.1 Å². The van der Waals surface area contributed by atoms with Gasteiger partial charge in [0.2, 0.25) is 0 Å². The minimum absolute atomic E-state index is 0.275. The molecular formula is C10H17F3N2O. The van der Waals surface area contributed by atoms with Crippen LogP contribution in [0.5, 0.6) is 0 Å². The lowest BCUT2D eigenvalue weighted by molar-refractivity contribution is -0.145. The molecule has 0 bridgehead atoms. The van der Waals surface area contributed by atoms with Crippen LogP contribution in [-0.2, 0) is 4.74 Å². The summed E-state index contributed by atoms with van der Waals surface area (Å²) in [5, 5.41) is 8.59. The fourth-order valence-electron chi connectivity index (χ4n) is 1.04. The minimum atomic E-state index is -4.16. The molecule has 0 aromatic heterocycles. The fourth-order valence-corrected chi connectivity index (χ4v) is 1.04. The molecule has 6 heteroatoms. The van der Waals surface area contributed by atoms with E-state index in [4.69, 9.17) is 15.7 Å². The average molecular weight is 238 g/mol. The highest BCUT2D eigenvalue weighted by Gasteiger charge is 2.26. The number of hydrogen-bond donors (Lipinski definition) is 1. The van der Waals surface area contributed by atoms with Gasteiger partial charge in [0.1, 0.15) is 5.54 Å². The summed E-state index contributed by atoms with van der Waals surface area (Å²) in [4.78, 5) is 0. The van der Waals surface area contributed by atoms with Gasteiger partial charge < -0.3 is 10.5 Å². The molecule has 0 saturated carbocycles. The van der Waals surface area contributed by atoms with Crippen LogP contribution in [0.15, 0.2) is 0 Å². The first kappa shape index (κ1) is 15.2. The van der Waals surface area contributed by atoms with E-state index in [-0.39, 0.29) is 13.2 Å². The van der Waals surface area contributed by atoms with Gasteiger partial charge in [0.25, 0.3) is 0 Å². The molecule has 16 heavy (non-hydrogen) atoms. The molecule has 0 spiro atoms. The predicted molar refractivity (Wildman–Crippen MR) is 53.5 cm³/mol. The zero-order valence-electron chi connectivity index (χ0n) is 9.31. The predicted octanol–water partition coefficient (Wildman–Crippen LogP) is 2.37. The molecule has 0 radical (unpaired) electrons. The Morgan fingerprint density at radius 3 is 2.31 bits per heavy atom. The number of unbranched alkanes of at least 4 members (excludes halogenated alkanes) is 1. The molecule has 0 amide bonds. The van der Waals surface area contributed by atoms with Crippen LogP contribution in [0.1, 0.15) is 32.6 Å². The number of alkyl halides is 3. The van der Waals surface area contributed by atoms with E-state index in [1.807, 2.05) is 6.07 Å². The number of nitrogens with zero attached hydrogens (tertiary/aromatic N) is 1. The Hall–Kier alpha value is -0.800. The molecule has 0 saturated heterocycles. The highest BCUT2D eigenvalue weighted by Crippen LogP contribution is 2.19. The summed E-state index contributed by atoms with van der Waals surface area (Å²) in [6, 6.07) is 1.95. The van der Waals surface area contributed by atoms with E-state index in [1.54, 1.807) is 6.92 Å². The second-order valence-corrected chi connectivity index (χ2v) is 3.96. The van der Waals surface area contributed by atoms with Gasteiger partial charge in [-0.05, 0) is 26.2 Å². The third-order valence-electron chi connectivity index (χ3n) is 2.02. The third kappa shape index (κ3) is 9.74. The molecule has 1 unspecified atom stereocenters. The molecule has 3 nitrogen and oxygen atoms in total. The maximum atomic E-state index is 11.7. The van der Waals surface area contributed by atoms with Crippen molar-refractivity contribution in [3.05, 3.63) is 0 Å². The number of rotatable bonds is 7. The first-order valence-corrected chi connectivity index (χ1v) is 5.11. The van der Waals surface area contributed by atoms with Crippen molar-refractivity contribution in [2.24, 2.45) is 5.73 Å². The number of halogens is 3. The molecule has 2 N–H and O–H groups in total. The van der Waals surface area contributed by atoms with Crippen LogP contribution in [0.4, 0.5) is 13.2 Å². The van der Waals surface area contributed by atoms with Gasteiger partial charge in [-0.3, -0.25) is 0 Å². The van der Waals surface area contributed by atoms with Crippen LogP contribution in [0.25, 0.3) is 0 Å². The van der Waals surface area contributed by atoms with Crippen LogP contribution < -0.4 is 5.73 Å². The lowest BCUT2D eigenvalue weighted by Crippen LogP contribution is -2.33. The van der Waals surface area contributed by atoms with Gasteiger partial charge >= 0.3 is 6.18 Å². The summed E-state index contributed by atoms with van der Waals surface area (Å²) in [6.45, 7) is 1.59. The quantitative estimate of drug-likeness (QED) is 0.693. The molecule has 0 rings (SSSR count). The summed E-state index contributed by atoms with van der Waals surface area (Å²) in [5.74, 6) is 0. The van der Waals surface area contributed by atoms with Crippen LogP contribution in [0.2, 0.25) is 0 Å². The van der Waals surface area contributed by atoms with E-state index >= 15 is 0 Å². The third-order valence-corrected chi connectivity index (χ3v) is 2.02. The smallest absolute Gasteiger partial charge is 0.381 e. The van der Waals surface area contributed by atoms with Crippen LogP contribution >= 0.6 is 0 Å². The molecule has 0 aliphatic carbocycles. The van der Waals surface area contributed by atoms with Crippen LogP contribution in [0.3, 0.4) is 0 Å². The second kappa shape index (κ2) is 6.71. The summed E-state index contributed by atoms with van der Waals surface area (Å²) in [6.07, 6.45) is -3.26. The van der Waals surface area contributed by atoms with E-state index in [0.29, 0.717) is 19.3 Å². The summed E-state index contributed by atoms with van der Waals surface area (Å²) < 4.78 is 39.9. The zero-order chi connectivity index (χ0) is 12.7. The largest absolute Gasteiger partial charge is 0.391 e. The number of nitriles is 1. The van der Waals surface area contributed by atoms with Crippen molar-refractivity contribution in [1.29, 1.82) is 5.26 Å². The maximum Gasteiger partial charge on any atom is 0.391 e. The van der Waals surface area contributed by atoms with Crippen molar-refractivity contribution in [3.8, 4) is 6.07 Å². The Kier molecular flexibility index (Phi) is 6.38. The molecule has 1 atom stereocenters. The van der Waals surface area contributed by atoms with Gasteiger partial charge in [-0.15, -0.1) is 0 Å². The monoisotopic (exact) mass is 238 g/mol. The minimum Gasteiger partial charge on any atom is -0.381 e. The van der Waals surface area contributed by atoms with Crippen molar-refractivity contribution in [3.63, 3.8) is 0 Å². The van der Waals surface area contributed by atoms with Crippen molar-refractivity contribution in [2.75, 3.05) is 13.2 Å². The topological polar surface area (TPSA) is 59.0 Å². The number of nitrogens with two attached hydrogens (primary N) is 1. The van der Waals surface area contributed by atoms with Crippen LogP contribution in [0, 0.1) is 11.3 Å². The summed E-state index contributed by atoms with van der Waals surface area (Å²) in [7, 11) is 0. The number of hydrogen-bond acceptors (Lipinski definition) is 3. The lowest BCUT2D eigenvalue weighted by atomic mass is 9.98. The lowest BCUT2D eigenvalue weighted by Gasteiger charge is -2.14. The Morgan fingerprint density at radius 1 is 1.19 bits per heavy atom. The molecule has 0 aromatic rings. The number of ether oxygens (including phenoxy) is 1. The molecule has 0 aliphatic rings. The Morgan fingerprint density at radius 2 is 1.81 bits per heavy atom. The Balaban J connectivity index is 3.33. The molecule has 94 valence electrons. The highest BCUT2D eigenvalue weighted by molar-refractivity contribution is 5.00. The van der Waals surface area contributed by atoms with Crippen molar-refractivity contribution >= 4 is 0 Å². The van der Waals surface area contributed by atoms with E-state index in [2.05, 4.69) is 0 Å². The highest BCUT2D eigenvalue weighted by atomic mass is 19.4. The van der Waals surface area contributed by atoms with Crippen molar-refractivity contribution in [2.45, 2.75) is 44.3 Å². The Labute approximate surface area is 93.4 Å². The zero-order valence-corrected chi connectivity index (χ0v) is 9.31. The van der Waals surface area contributed by atoms with Crippen molar-refractivity contribution < 1.29 is 17.9 Å². The second-order valence-electron chi connectivity index (χ2n) is 3.96. The van der Waals surface area contributed by atoms with Gasteiger partial charge in [-0.2, -0.15) is 18.4 Å². The van der Waals surface area contributed by atoms with Crippen LogP contribution in [-0.4, -0.2) is 24.9 Å². The molecule has 0 aliphatic heterocycles. The van der Waals surface area contributed by atoms with Crippen molar-refractivity contribution in [1.82, 2.24) is 0 Å². The Bertz CT molecular complexity index is 233. The van der Waals surface area contributed by atoms with Gasteiger partial charge in [0.15, 0.2) is 0 Å². The van der Waals surface area contributed by atoms with Gasteiger partial charge in [0, 0.05) is 6.61 Å². The van der Waals surface area contributed by atoms with Gasteiger partial charge in [-0.25, -0.2) is 0 Å². The summed E-state index contributed by atoms with van der Waals surface area (Å²) >= 11 is 0. The first-order chi connectivity index (χ1) is 7.27. The van der Waals surface area contributed by atoms with E-state index in [9.17, 15) is 13.2 Å². The molecule has 0 aromatic carbocycles. The maximum absolute atomic E-state index is 11.7. The van der Waals surface area contributed by atoms with Gasteiger partial charge in [-0.1, -0.05) is 0 Å². The van der Waals surface area contributed by atoms with E-state index in [0.717, 1.165) is 0 Å². The average Bonchev–Trinajstić information content (AvgIpc) is 2.14. The van der Waals surface area contributed by atoms with Gasteiger partial charge in [0.05, 0.1) is 19.1 Å². The normalized spacial score (nSPS) is 15.5. The fraction of sp³-hybridized carbons (Fsp3) is 0.900. The standard InChI is InChI=1S/C10H17F3N2O/c1-9(15,8-14)4-2-3-6-16-7-5-10(11,12)13/h2-7,15H2,1H3. The summed E-state index contributed by atoms with van der Waals surface area (Å²) in [5.41, 5.74) is 4.71. The molecule has 0 fully saturated rings. The van der Waals surface area contributed by atoms with E-state index in [1.165, 1.54) is 0 Å². The molecule has 0 heterocycles. The first-order valence-electron chi connectivity index (χ1n) is 5.11.